The molecule has 0 aromatic heterocycles. The number of hydrogen-bond donors (Lipinski definition) is 4. The molecule has 5 heteroatoms. The van der Waals surface area contributed by atoms with Crippen molar-refractivity contribution in [1.82, 2.24) is 0 Å². The van der Waals surface area contributed by atoms with Gasteiger partial charge in [-0.15, -0.1) is 12.6 Å². The maximum atomic E-state index is 9.68. The molecule has 0 bridgehead atoms. The van der Waals surface area contributed by atoms with E-state index in [-0.39, 0.29) is 24.9 Å². The molecule has 0 unspecified atom stereocenters. The minimum Gasteiger partial charge on any atom is -0.396 e. The Labute approximate surface area is 90.4 Å². The minimum absolute atomic E-state index is 0.0509. The lowest BCUT2D eigenvalue weighted by Crippen LogP contribution is -2.32. The number of rotatable bonds is 5. The molecule has 4 nitrogen and oxygen atoms in total. The monoisotopic (exact) mass is 224 g/mol. The van der Waals surface area contributed by atoms with Crippen LogP contribution < -0.4 is 0 Å². The first-order valence-electron chi connectivity index (χ1n) is 4.56. The third-order valence-corrected chi connectivity index (χ3v) is 2.37. The standard InChI is InChI=1S/C6H14O3.C3H6OS/c1-2-6(3-7,4-8)5-9;1-2-3(4)5/h7-9H,2-5H2,1H3;2H2,1H3,(H,4,5). The van der Waals surface area contributed by atoms with Gasteiger partial charge in [-0.1, -0.05) is 13.8 Å². The van der Waals surface area contributed by atoms with Gasteiger partial charge in [0.15, 0.2) is 5.12 Å². The van der Waals surface area contributed by atoms with Gasteiger partial charge >= 0.3 is 0 Å². The van der Waals surface area contributed by atoms with E-state index in [4.69, 9.17) is 15.3 Å². The summed E-state index contributed by atoms with van der Waals surface area (Å²) in [4.78, 5) is 9.68. The molecule has 14 heavy (non-hydrogen) atoms. The third-order valence-electron chi connectivity index (χ3n) is 2.06. The number of hydrogen-bond acceptors (Lipinski definition) is 4. The molecule has 0 aromatic rings. The lowest BCUT2D eigenvalue weighted by atomic mass is 9.88. The second kappa shape index (κ2) is 9.45. The van der Waals surface area contributed by atoms with Gasteiger partial charge in [0, 0.05) is 11.8 Å². The van der Waals surface area contributed by atoms with Crippen LogP contribution in [0, 0.1) is 5.41 Å². The van der Waals surface area contributed by atoms with E-state index in [0.717, 1.165) is 0 Å². The summed E-state index contributed by atoms with van der Waals surface area (Å²) >= 11 is 3.46. The highest BCUT2D eigenvalue weighted by atomic mass is 32.1. The molecule has 0 aliphatic carbocycles. The zero-order chi connectivity index (χ0) is 11.6. The van der Waals surface area contributed by atoms with Crippen molar-refractivity contribution in [3.05, 3.63) is 0 Å². The number of thiol groups is 1. The molecule has 0 spiro atoms. The smallest absolute Gasteiger partial charge is 0.185 e. The van der Waals surface area contributed by atoms with Gasteiger partial charge in [-0.3, -0.25) is 4.79 Å². The van der Waals surface area contributed by atoms with Crippen LogP contribution in [-0.4, -0.2) is 40.3 Å². The van der Waals surface area contributed by atoms with Crippen LogP contribution >= 0.6 is 12.6 Å². The molecule has 0 saturated heterocycles. The highest BCUT2D eigenvalue weighted by Crippen LogP contribution is 2.18. The van der Waals surface area contributed by atoms with E-state index in [9.17, 15) is 4.79 Å². The molecule has 0 aliphatic heterocycles. The van der Waals surface area contributed by atoms with E-state index in [1.165, 1.54) is 0 Å². The van der Waals surface area contributed by atoms with Gasteiger partial charge in [-0.2, -0.15) is 0 Å². The van der Waals surface area contributed by atoms with E-state index >= 15 is 0 Å². The van der Waals surface area contributed by atoms with E-state index in [1.807, 2.05) is 6.92 Å². The van der Waals surface area contributed by atoms with E-state index in [2.05, 4.69) is 12.6 Å². The lowest BCUT2D eigenvalue weighted by molar-refractivity contribution is -0.110. The molecule has 0 rings (SSSR count). The molecule has 0 aliphatic rings. The average Bonchev–Trinajstić information content (AvgIpc) is 2.23. The first-order valence-corrected chi connectivity index (χ1v) is 5.01. The van der Waals surface area contributed by atoms with Crippen LogP contribution in [0.5, 0.6) is 0 Å². The summed E-state index contributed by atoms with van der Waals surface area (Å²) in [5.74, 6) is 0. The third kappa shape index (κ3) is 7.32. The zero-order valence-electron chi connectivity index (χ0n) is 8.73. The van der Waals surface area contributed by atoms with Crippen molar-refractivity contribution < 1.29 is 20.1 Å². The maximum Gasteiger partial charge on any atom is 0.185 e. The molecule has 0 saturated carbocycles. The van der Waals surface area contributed by atoms with E-state index in [1.54, 1.807) is 6.92 Å². The molecule has 3 N–H and O–H groups in total. The molecular weight excluding hydrogens is 204 g/mol. The Hall–Kier alpha value is -0.100. The highest BCUT2D eigenvalue weighted by Gasteiger charge is 2.24. The van der Waals surface area contributed by atoms with Gasteiger partial charge in [0.05, 0.1) is 19.8 Å². The Balaban J connectivity index is 0. The van der Waals surface area contributed by atoms with Crippen molar-refractivity contribution in [3.63, 3.8) is 0 Å². The second-order valence-corrected chi connectivity index (χ2v) is 3.57. The largest absolute Gasteiger partial charge is 0.396 e. The summed E-state index contributed by atoms with van der Waals surface area (Å²) in [7, 11) is 0. The molecular formula is C9H20O4S. The average molecular weight is 224 g/mol. The quantitative estimate of drug-likeness (QED) is 0.504. The highest BCUT2D eigenvalue weighted by molar-refractivity contribution is 7.96. The van der Waals surface area contributed by atoms with Crippen molar-refractivity contribution in [1.29, 1.82) is 0 Å². The molecule has 86 valence electrons. The topological polar surface area (TPSA) is 77.8 Å². The van der Waals surface area contributed by atoms with Gasteiger partial charge in [0.25, 0.3) is 0 Å². The van der Waals surface area contributed by atoms with Gasteiger partial charge < -0.3 is 15.3 Å². The van der Waals surface area contributed by atoms with Crippen LogP contribution in [0.25, 0.3) is 0 Å². The summed E-state index contributed by atoms with van der Waals surface area (Å²) in [6, 6.07) is 0. The van der Waals surface area contributed by atoms with Gasteiger partial charge in [0.2, 0.25) is 0 Å². The summed E-state index contributed by atoms with van der Waals surface area (Å²) in [6.45, 7) is 3.13. The summed E-state index contributed by atoms with van der Waals surface area (Å²) < 4.78 is 0. The first kappa shape index (κ1) is 16.3. The van der Waals surface area contributed by atoms with Crippen LogP contribution in [0.3, 0.4) is 0 Å². The van der Waals surface area contributed by atoms with Crippen molar-refractivity contribution in [2.45, 2.75) is 26.7 Å². The zero-order valence-corrected chi connectivity index (χ0v) is 9.63. The maximum absolute atomic E-state index is 9.68. The predicted molar refractivity (Wildman–Crippen MR) is 58.3 cm³/mol. The van der Waals surface area contributed by atoms with Crippen LogP contribution in [0.4, 0.5) is 0 Å². The fraction of sp³-hybridized carbons (Fsp3) is 0.889. The summed E-state index contributed by atoms with van der Waals surface area (Å²) in [5.41, 5.74) is -0.667. The lowest BCUT2D eigenvalue weighted by Gasteiger charge is -2.24. The summed E-state index contributed by atoms with van der Waals surface area (Å²) in [6.07, 6.45) is 1.12. The second-order valence-electron chi connectivity index (χ2n) is 3.08. The van der Waals surface area contributed by atoms with E-state index < -0.39 is 5.41 Å². The Morgan fingerprint density at radius 1 is 1.14 bits per heavy atom. The summed E-state index contributed by atoms with van der Waals surface area (Å²) in [5, 5.41) is 25.9. The van der Waals surface area contributed by atoms with Crippen molar-refractivity contribution in [2.75, 3.05) is 19.8 Å². The van der Waals surface area contributed by atoms with Crippen molar-refractivity contribution in [2.24, 2.45) is 5.41 Å². The number of aliphatic hydroxyl groups is 3. The molecule has 0 atom stereocenters. The fourth-order valence-electron chi connectivity index (χ4n) is 0.485. The molecule has 0 aromatic carbocycles. The van der Waals surface area contributed by atoms with Crippen molar-refractivity contribution >= 4 is 17.7 Å². The van der Waals surface area contributed by atoms with Crippen LogP contribution in [0.15, 0.2) is 0 Å². The Kier molecular flexibility index (Phi) is 11.0. The van der Waals surface area contributed by atoms with Crippen LogP contribution in [-0.2, 0) is 4.79 Å². The van der Waals surface area contributed by atoms with Crippen LogP contribution in [0.1, 0.15) is 26.7 Å². The SMILES string of the molecule is CCC(=O)S.CCC(CO)(CO)CO. The molecule has 0 fully saturated rings. The van der Waals surface area contributed by atoms with E-state index in [0.29, 0.717) is 12.8 Å². The van der Waals surface area contributed by atoms with Gasteiger partial charge in [-0.25, -0.2) is 0 Å². The van der Waals surface area contributed by atoms with Crippen LogP contribution in [0.2, 0.25) is 0 Å². The van der Waals surface area contributed by atoms with Crippen molar-refractivity contribution in [3.8, 4) is 0 Å². The minimum atomic E-state index is -0.667. The molecule has 0 amide bonds. The fourth-order valence-corrected chi connectivity index (χ4v) is 0.485. The Morgan fingerprint density at radius 2 is 1.43 bits per heavy atom. The first-order chi connectivity index (χ1) is 6.51. The Morgan fingerprint density at radius 3 is 1.43 bits per heavy atom. The molecule has 0 radical (unpaired) electrons. The Bertz CT molecular complexity index is 128. The van der Waals surface area contributed by atoms with Gasteiger partial charge in [0.1, 0.15) is 0 Å². The number of aliphatic hydroxyl groups excluding tert-OH is 3. The molecule has 0 heterocycles. The number of carbonyl (C=O) groups is 1. The predicted octanol–water partition coefficient (Wildman–Crippen LogP) is 0.213. The normalized spacial score (nSPS) is 10.4. The van der Waals surface area contributed by atoms with Gasteiger partial charge in [-0.05, 0) is 6.42 Å². The number of carbonyl (C=O) groups excluding carboxylic acids is 1.